The molecule has 21 heavy (non-hydrogen) atoms. The number of benzene rings is 1. The molecule has 3 aromatic rings. The zero-order valence-corrected chi connectivity index (χ0v) is 13.4. The number of amides is 1. The van der Waals surface area contributed by atoms with Crippen molar-refractivity contribution in [2.75, 3.05) is 5.32 Å². The van der Waals surface area contributed by atoms with Gasteiger partial charge in [-0.3, -0.25) is 4.79 Å². The molecule has 108 valence electrons. The summed E-state index contributed by atoms with van der Waals surface area (Å²) in [5.74, 6) is 0.0761. The van der Waals surface area contributed by atoms with Crippen LogP contribution in [0.2, 0.25) is 0 Å². The minimum atomic E-state index is 0.0761. The van der Waals surface area contributed by atoms with Gasteiger partial charge in [-0.25, -0.2) is 4.98 Å². The number of thiophene rings is 1. The molecular formula is C16H16N2OS2. The molecule has 0 spiro atoms. The molecule has 2 aromatic heterocycles. The Morgan fingerprint density at radius 3 is 3.05 bits per heavy atom. The third kappa shape index (κ3) is 3.68. The Balaban J connectivity index is 1.55. The van der Waals surface area contributed by atoms with E-state index in [0.717, 1.165) is 33.8 Å². The smallest absolute Gasteiger partial charge is 0.224 e. The van der Waals surface area contributed by atoms with Crippen molar-refractivity contribution in [1.82, 2.24) is 4.98 Å². The van der Waals surface area contributed by atoms with Crippen LogP contribution in [0, 0.1) is 6.92 Å². The maximum atomic E-state index is 12.0. The second kappa shape index (κ2) is 6.37. The van der Waals surface area contributed by atoms with Crippen molar-refractivity contribution in [2.24, 2.45) is 0 Å². The lowest BCUT2D eigenvalue weighted by molar-refractivity contribution is -0.116. The van der Waals surface area contributed by atoms with Gasteiger partial charge in [0, 0.05) is 17.0 Å². The van der Waals surface area contributed by atoms with Crippen molar-refractivity contribution in [1.29, 1.82) is 0 Å². The summed E-state index contributed by atoms with van der Waals surface area (Å²) in [6, 6.07) is 10.0. The van der Waals surface area contributed by atoms with E-state index in [1.807, 2.05) is 31.2 Å². The quantitative estimate of drug-likeness (QED) is 0.746. The van der Waals surface area contributed by atoms with E-state index in [1.165, 1.54) is 4.88 Å². The molecule has 1 N–H and O–H groups in total. The third-order valence-electron chi connectivity index (χ3n) is 3.19. The lowest BCUT2D eigenvalue weighted by atomic mass is 10.2. The highest BCUT2D eigenvalue weighted by molar-refractivity contribution is 7.18. The van der Waals surface area contributed by atoms with Gasteiger partial charge in [-0.1, -0.05) is 6.07 Å². The summed E-state index contributed by atoms with van der Waals surface area (Å²) in [6.45, 7) is 1.99. The second-order valence-electron chi connectivity index (χ2n) is 4.90. The Bertz CT molecular complexity index is 747. The molecule has 0 bridgehead atoms. The lowest BCUT2D eigenvalue weighted by Gasteiger charge is -2.04. The van der Waals surface area contributed by atoms with E-state index in [0.29, 0.717) is 6.42 Å². The van der Waals surface area contributed by atoms with E-state index < -0.39 is 0 Å². The molecule has 1 aromatic carbocycles. The summed E-state index contributed by atoms with van der Waals surface area (Å²) >= 11 is 3.39. The minimum absolute atomic E-state index is 0.0761. The van der Waals surface area contributed by atoms with Gasteiger partial charge in [0.2, 0.25) is 5.91 Å². The fraction of sp³-hybridized carbons (Fsp3) is 0.250. The fourth-order valence-electron chi connectivity index (χ4n) is 2.22. The van der Waals surface area contributed by atoms with Crippen molar-refractivity contribution in [3.8, 4) is 0 Å². The predicted molar refractivity (Wildman–Crippen MR) is 90.2 cm³/mol. The number of hydrogen-bond donors (Lipinski definition) is 1. The van der Waals surface area contributed by atoms with E-state index in [-0.39, 0.29) is 5.91 Å². The Kier molecular flexibility index (Phi) is 4.31. The summed E-state index contributed by atoms with van der Waals surface area (Å²) in [7, 11) is 0. The number of aryl methyl sites for hydroxylation is 2. The molecule has 0 aliphatic rings. The maximum absolute atomic E-state index is 12.0. The van der Waals surface area contributed by atoms with E-state index in [9.17, 15) is 4.79 Å². The van der Waals surface area contributed by atoms with E-state index in [1.54, 1.807) is 22.7 Å². The molecule has 3 rings (SSSR count). The zero-order chi connectivity index (χ0) is 14.7. The van der Waals surface area contributed by atoms with Gasteiger partial charge in [-0.15, -0.1) is 22.7 Å². The van der Waals surface area contributed by atoms with Gasteiger partial charge in [0.15, 0.2) is 0 Å². The summed E-state index contributed by atoms with van der Waals surface area (Å²) in [6.07, 6.45) is 2.41. The van der Waals surface area contributed by atoms with Gasteiger partial charge < -0.3 is 5.32 Å². The summed E-state index contributed by atoms with van der Waals surface area (Å²) in [5.41, 5.74) is 1.85. The number of carbonyl (C=O) groups excluding carboxylic acids is 1. The molecule has 0 atom stereocenters. The highest BCUT2D eigenvalue weighted by Gasteiger charge is 2.06. The van der Waals surface area contributed by atoms with Gasteiger partial charge in [0.25, 0.3) is 0 Å². The third-order valence-corrected chi connectivity index (χ3v) is 5.06. The molecule has 0 unspecified atom stereocenters. The van der Waals surface area contributed by atoms with Gasteiger partial charge in [-0.2, -0.15) is 0 Å². The van der Waals surface area contributed by atoms with Gasteiger partial charge in [-0.05, 0) is 49.4 Å². The highest BCUT2D eigenvalue weighted by atomic mass is 32.1. The van der Waals surface area contributed by atoms with Crippen LogP contribution in [0.25, 0.3) is 10.2 Å². The van der Waals surface area contributed by atoms with Crippen LogP contribution < -0.4 is 5.32 Å². The van der Waals surface area contributed by atoms with Crippen LogP contribution in [0.3, 0.4) is 0 Å². The number of thiazole rings is 1. The van der Waals surface area contributed by atoms with Gasteiger partial charge >= 0.3 is 0 Å². The molecule has 5 heteroatoms. The number of rotatable bonds is 5. The molecule has 0 aliphatic heterocycles. The van der Waals surface area contributed by atoms with E-state index in [2.05, 4.69) is 21.7 Å². The van der Waals surface area contributed by atoms with Crippen LogP contribution >= 0.6 is 22.7 Å². The topological polar surface area (TPSA) is 42.0 Å². The number of nitrogens with one attached hydrogen (secondary N) is 1. The maximum Gasteiger partial charge on any atom is 0.224 e. The number of fused-ring (bicyclic) bond motifs is 1. The fourth-order valence-corrected chi connectivity index (χ4v) is 3.84. The van der Waals surface area contributed by atoms with Gasteiger partial charge in [0.1, 0.15) is 0 Å². The molecule has 0 fully saturated rings. The molecule has 0 aliphatic carbocycles. The average molecular weight is 316 g/mol. The molecular weight excluding hydrogens is 300 g/mol. The Labute approximate surface area is 131 Å². The Morgan fingerprint density at radius 1 is 1.33 bits per heavy atom. The molecule has 0 saturated heterocycles. The first-order chi connectivity index (χ1) is 10.2. The van der Waals surface area contributed by atoms with Crippen LogP contribution in [-0.4, -0.2) is 10.9 Å². The first-order valence-corrected chi connectivity index (χ1v) is 8.60. The van der Waals surface area contributed by atoms with Crippen LogP contribution in [0.5, 0.6) is 0 Å². The van der Waals surface area contributed by atoms with Crippen LogP contribution in [0.15, 0.2) is 35.7 Å². The summed E-state index contributed by atoms with van der Waals surface area (Å²) in [5, 5.41) is 6.08. The molecule has 3 nitrogen and oxygen atoms in total. The molecule has 1 amide bonds. The molecule has 2 heterocycles. The van der Waals surface area contributed by atoms with Crippen molar-refractivity contribution < 1.29 is 4.79 Å². The number of nitrogens with zero attached hydrogens (tertiary/aromatic N) is 1. The predicted octanol–water partition coefficient (Wildman–Crippen LogP) is 4.63. The monoisotopic (exact) mass is 316 g/mol. The van der Waals surface area contributed by atoms with Crippen molar-refractivity contribution in [3.05, 3.63) is 45.6 Å². The Hall–Kier alpha value is -1.72. The van der Waals surface area contributed by atoms with E-state index in [4.69, 9.17) is 0 Å². The minimum Gasteiger partial charge on any atom is -0.326 e. The second-order valence-corrected chi connectivity index (χ2v) is 7.16. The zero-order valence-electron chi connectivity index (χ0n) is 11.8. The standard InChI is InChI=1S/C16H16N2OS2/c1-11-17-14-8-7-12(10-15(14)21-11)18-16(19)6-2-4-13-5-3-9-20-13/h3,5,7-10H,2,4,6H2,1H3,(H,18,19). The first kappa shape index (κ1) is 14.2. The van der Waals surface area contributed by atoms with Gasteiger partial charge in [0.05, 0.1) is 15.2 Å². The molecule has 0 radical (unpaired) electrons. The van der Waals surface area contributed by atoms with Crippen molar-refractivity contribution in [2.45, 2.75) is 26.2 Å². The summed E-state index contributed by atoms with van der Waals surface area (Å²) in [4.78, 5) is 17.7. The SMILES string of the molecule is Cc1nc2ccc(NC(=O)CCCc3cccs3)cc2s1. The van der Waals surface area contributed by atoms with Crippen molar-refractivity contribution in [3.63, 3.8) is 0 Å². The number of carbonyl (C=O) groups is 1. The Morgan fingerprint density at radius 2 is 2.24 bits per heavy atom. The number of hydrogen-bond acceptors (Lipinski definition) is 4. The first-order valence-electron chi connectivity index (χ1n) is 6.90. The summed E-state index contributed by atoms with van der Waals surface area (Å²) < 4.78 is 1.11. The number of aromatic nitrogens is 1. The van der Waals surface area contributed by atoms with Crippen LogP contribution in [0.1, 0.15) is 22.7 Å². The highest BCUT2D eigenvalue weighted by Crippen LogP contribution is 2.24. The van der Waals surface area contributed by atoms with Crippen LogP contribution in [-0.2, 0) is 11.2 Å². The number of anilines is 1. The molecule has 0 saturated carbocycles. The van der Waals surface area contributed by atoms with Crippen LogP contribution in [0.4, 0.5) is 5.69 Å². The van der Waals surface area contributed by atoms with E-state index >= 15 is 0 Å². The van der Waals surface area contributed by atoms with Crippen molar-refractivity contribution >= 4 is 44.5 Å². The average Bonchev–Trinajstić information content (AvgIpc) is 3.06. The largest absolute Gasteiger partial charge is 0.326 e. The normalized spacial score (nSPS) is 10.9. The lowest BCUT2D eigenvalue weighted by Crippen LogP contribution is -2.11.